The molecule has 0 bridgehead atoms. The first-order chi connectivity index (χ1) is 20.2. The molecule has 1 aromatic carbocycles. The van der Waals surface area contributed by atoms with Crippen LogP contribution in [0.15, 0.2) is 18.2 Å². The first-order valence-corrected chi connectivity index (χ1v) is 16.4. The van der Waals surface area contributed by atoms with Crippen molar-refractivity contribution < 1.29 is 14.9 Å². The number of hydrogen-bond acceptors (Lipinski definition) is 11. The van der Waals surface area contributed by atoms with E-state index in [1.54, 1.807) is 0 Å². The zero-order valence-electron chi connectivity index (χ0n) is 25.5. The Morgan fingerprint density at radius 3 is 2.60 bits per heavy atom. The summed E-state index contributed by atoms with van der Waals surface area (Å²) < 4.78 is 6.39. The van der Waals surface area contributed by atoms with Crippen LogP contribution in [0.1, 0.15) is 64.4 Å². The van der Waals surface area contributed by atoms with Gasteiger partial charge in [-0.3, -0.25) is 15.5 Å². The third kappa shape index (κ3) is 5.14. The van der Waals surface area contributed by atoms with Crippen molar-refractivity contribution in [1.82, 2.24) is 25.3 Å². The summed E-state index contributed by atoms with van der Waals surface area (Å²) in [5.41, 5.74) is 10.7. The number of ether oxygens (including phenoxy) is 1. The minimum absolute atomic E-state index is 0.0201. The molecule has 0 aromatic heterocycles. The summed E-state index contributed by atoms with van der Waals surface area (Å²) in [5, 5.41) is 36.3. The van der Waals surface area contributed by atoms with Crippen LogP contribution in [0, 0.1) is 5.92 Å². The van der Waals surface area contributed by atoms with E-state index < -0.39 is 24.5 Å². The zero-order valence-corrected chi connectivity index (χ0v) is 25.5. The number of aliphatic hydroxyl groups is 2. The summed E-state index contributed by atoms with van der Waals surface area (Å²) in [6, 6.07) is 7.48. The van der Waals surface area contributed by atoms with Crippen molar-refractivity contribution in [3.05, 3.63) is 23.8 Å². The summed E-state index contributed by atoms with van der Waals surface area (Å²) >= 11 is 0. The Kier molecular flexibility index (Phi) is 7.94. The van der Waals surface area contributed by atoms with Crippen LogP contribution in [0.25, 0.3) is 0 Å². The molecule has 0 spiro atoms. The van der Waals surface area contributed by atoms with Crippen molar-refractivity contribution in [3.8, 4) is 0 Å². The van der Waals surface area contributed by atoms with Gasteiger partial charge in [-0.2, -0.15) is 0 Å². The zero-order chi connectivity index (χ0) is 29.2. The molecular weight excluding hydrogens is 532 g/mol. The number of benzene rings is 1. The normalized spacial score (nSPS) is 41.1. The van der Waals surface area contributed by atoms with Crippen LogP contribution >= 0.6 is 0 Å². The first kappa shape index (κ1) is 29.2. The molecule has 5 fully saturated rings. The third-order valence-corrected chi connectivity index (χ3v) is 11.5. The predicted octanol–water partition coefficient (Wildman–Crippen LogP) is 0.954. The molecule has 4 heterocycles. The van der Waals surface area contributed by atoms with Gasteiger partial charge in [-0.25, -0.2) is 4.90 Å². The average molecular weight is 585 g/mol. The minimum Gasteiger partial charge on any atom is -0.387 e. The molecule has 234 valence electrons. The standard InChI is InChI=1S/C31H52N8O3/c1-4-38-16-34-28(32)25-29(38)39(17-33-25)30-27(41)26(40)23(42-30)15-37(3)20-12-18(13-20)6-9-24-35-21-8-7-19(14-22(21)36-24)31(2)10-5-11-31/h7-8,14,18,20,23-30,33-36,40-41H,4-6,9-13,15-17,32H2,1-3H3/t18-,20+,23-,24?,25?,26-,27-,28?,29?,30-/m1/s1. The molecule has 0 amide bonds. The first-order valence-electron chi connectivity index (χ1n) is 16.4. The van der Waals surface area contributed by atoms with Gasteiger partial charge in [0.05, 0.1) is 49.3 Å². The lowest BCUT2D eigenvalue weighted by Crippen LogP contribution is -2.69. The third-order valence-electron chi connectivity index (χ3n) is 11.5. The van der Waals surface area contributed by atoms with E-state index in [0.717, 1.165) is 18.9 Å². The smallest absolute Gasteiger partial charge is 0.142 e. The fourth-order valence-corrected chi connectivity index (χ4v) is 8.35. The number of likely N-dealkylation sites (N-methyl/N-ethyl adjacent to an activating group) is 2. The van der Waals surface area contributed by atoms with E-state index in [-0.39, 0.29) is 18.4 Å². The fraction of sp³-hybridized carbons (Fsp3) is 0.806. The molecule has 42 heavy (non-hydrogen) atoms. The van der Waals surface area contributed by atoms with E-state index in [0.29, 0.717) is 37.5 Å². The van der Waals surface area contributed by atoms with E-state index in [2.05, 4.69) is 75.1 Å². The number of nitrogens with zero attached hydrogens (tertiary/aromatic N) is 3. The second-order valence-electron chi connectivity index (χ2n) is 14.2. The fourth-order valence-electron chi connectivity index (χ4n) is 8.35. The van der Waals surface area contributed by atoms with E-state index >= 15 is 0 Å². The molecule has 11 heteroatoms. The Labute approximate surface area is 250 Å². The Balaban J connectivity index is 0.866. The molecule has 8 atom stereocenters. The molecule has 6 aliphatic rings. The topological polar surface area (TPSA) is 134 Å². The second kappa shape index (κ2) is 11.4. The summed E-state index contributed by atoms with van der Waals surface area (Å²) in [6.07, 6.45) is 5.92. The monoisotopic (exact) mass is 584 g/mol. The maximum absolute atomic E-state index is 11.0. The average Bonchev–Trinajstić information content (AvgIpc) is 3.63. The highest BCUT2D eigenvalue weighted by molar-refractivity contribution is 5.75. The number of rotatable bonds is 9. The highest BCUT2D eigenvalue weighted by Gasteiger charge is 2.53. The highest BCUT2D eigenvalue weighted by Crippen LogP contribution is 2.46. The number of fused-ring (bicyclic) bond motifs is 2. The van der Waals surface area contributed by atoms with E-state index in [9.17, 15) is 10.2 Å². The van der Waals surface area contributed by atoms with Gasteiger partial charge in [-0.15, -0.1) is 0 Å². The molecule has 3 saturated heterocycles. The Morgan fingerprint density at radius 2 is 1.86 bits per heavy atom. The summed E-state index contributed by atoms with van der Waals surface area (Å²) in [5.74, 6) is 0.721. The molecule has 11 nitrogen and oxygen atoms in total. The van der Waals surface area contributed by atoms with Crippen LogP contribution in [-0.4, -0.2) is 114 Å². The summed E-state index contributed by atoms with van der Waals surface area (Å²) in [7, 11) is 2.13. The molecule has 7 rings (SSSR count). The Morgan fingerprint density at radius 1 is 1.07 bits per heavy atom. The highest BCUT2D eigenvalue weighted by atomic mass is 16.6. The maximum atomic E-state index is 11.0. The van der Waals surface area contributed by atoms with E-state index in [1.165, 1.54) is 55.5 Å². The SMILES string of the molecule is CCN1CNC(N)C2NCN([C@@H]3O[C@H](CN(C)[C@H]4C[C@@H](CCC5Nc6ccc(C7(C)CCC7)cc6N5)C4)[C@@H](O)[C@H]3O)C21. The maximum Gasteiger partial charge on any atom is 0.142 e. The predicted molar refractivity (Wildman–Crippen MR) is 164 cm³/mol. The number of hydrogen-bond donors (Lipinski definition) is 7. The van der Waals surface area contributed by atoms with Gasteiger partial charge in [-0.1, -0.05) is 26.3 Å². The lowest BCUT2D eigenvalue weighted by molar-refractivity contribution is -0.131. The van der Waals surface area contributed by atoms with Gasteiger partial charge < -0.3 is 36.2 Å². The minimum atomic E-state index is -0.953. The lowest BCUT2D eigenvalue weighted by atomic mass is 9.66. The Bertz CT molecular complexity index is 1120. The van der Waals surface area contributed by atoms with Crippen molar-refractivity contribution in [1.29, 1.82) is 0 Å². The van der Waals surface area contributed by atoms with Crippen molar-refractivity contribution in [2.24, 2.45) is 11.7 Å². The van der Waals surface area contributed by atoms with Crippen LogP contribution in [0.5, 0.6) is 0 Å². The van der Waals surface area contributed by atoms with Gasteiger partial charge in [0.15, 0.2) is 0 Å². The summed E-state index contributed by atoms with van der Waals surface area (Å²) in [6.45, 7) is 7.26. The van der Waals surface area contributed by atoms with Crippen LogP contribution in [0.3, 0.4) is 0 Å². The Hall–Kier alpha value is -1.54. The van der Waals surface area contributed by atoms with Crippen molar-refractivity contribution in [3.63, 3.8) is 0 Å². The van der Waals surface area contributed by atoms with Gasteiger partial charge in [0, 0.05) is 12.6 Å². The van der Waals surface area contributed by atoms with Crippen LogP contribution in [0.2, 0.25) is 0 Å². The second-order valence-corrected chi connectivity index (χ2v) is 14.2. The van der Waals surface area contributed by atoms with Gasteiger partial charge >= 0.3 is 0 Å². The van der Waals surface area contributed by atoms with Crippen molar-refractivity contribution in [2.75, 3.05) is 44.1 Å². The quantitative estimate of drug-likeness (QED) is 0.224. The largest absolute Gasteiger partial charge is 0.387 e. The van der Waals surface area contributed by atoms with E-state index in [1.807, 2.05) is 0 Å². The number of nitrogens with two attached hydrogens (primary N) is 1. The van der Waals surface area contributed by atoms with Crippen molar-refractivity contribution >= 4 is 11.4 Å². The summed E-state index contributed by atoms with van der Waals surface area (Å²) in [4.78, 5) is 6.76. The molecule has 2 saturated carbocycles. The van der Waals surface area contributed by atoms with Crippen LogP contribution in [0.4, 0.5) is 11.4 Å². The van der Waals surface area contributed by atoms with Gasteiger partial charge in [0.2, 0.25) is 0 Å². The lowest BCUT2D eigenvalue weighted by Gasteiger charge is -2.45. The van der Waals surface area contributed by atoms with Gasteiger partial charge in [0.1, 0.15) is 24.5 Å². The van der Waals surface area contributed by atoms with Gasteiger partial charge in [0.25, 0.3) is 0 Å². The molecular formula is C31H52N8O3. The molecule has 0 radical (unpaired) electrons. The number of anilines is 2. The molecule has 4 unspecified atom stereocenters. The molecule has 2 aliphatic carbocycles. The van der Waals surface area contributed by atoms with Gasteiger partial charge in [-0.05, 0) is 81.1 Å². The number of nitrogens with one attached hydrogen (secondary N) is 4. The van der Waals surface area contributed by atoms with Crippen LogP contribution < -0.4 is 27.0 Å². The molecule has 4 aliphatic heterocycles. The van der Waals surface area contributed by atoms with Crippen molar-refractivity contribution in [2.45, 2.75) is 119 Å². The van der Waals surface area contributed by atoms with Crippen LogP contribution in [-0.2, 0) is 10.2 Å². The molecule has 1 aromatic rings. The van der Waals surface area contributed by atoms with E-state index in [4.69, 9.17) is 10.5 Å². The molecule has 8 N–H and O–H groups in total. The number of aliphatic hydroxyl groups excluding tert-OH is 2.